The minimum absolute atomic E-state index is 0.128. The Hall–Kier alpha value is -3.04. The predicted molar refractivity (Wildman–Crippen MR) is 132 cm³/mol. The van der Waals surface area contributed by atoms with E-state index in [2.05, 4.69) is 21.4 Å². The summed E-state index contributed by atoms with van der Waals surface area (Å²) in [4.78, 5) is 24.7. The van der Waals surface area contributed by atoms with Gasteiger partial charge in [0.05, 0.1) is 41.7 Å². The third-order valence-electron chi connectivity index (χ3n) is 6.70. The van der Waals surface area contributed by atoms with E-state index >= 15 is 0 Å². The number of thioether (sulfide) groups is 1. The fourth-order valence-electron chi connectivity index (χ4n) is 4.73. The Morgan fingerprint density at radius 3 is 2.94 bits per heavy atom. The number of aromatic amines is 1. The molecule has 34 heavy (non-hydrogen) atoms. The Bertz CT molecular complexity index is 1250. The maximum atomic E-state index is 12.0. The number of carbonyl (C=O) groups excluding carboxylic acids is 1. The van der Waals surface area contributed by atoms with Crippen molar-refractivity contribution in [3.8, 4) is 11.5 Å². The SMILES string of the molecule is COC(=O)C1C[C@@]12CSC(c1cc3cc(Oc4cccnc4)cc(NC4CCOCC4)c3[nH]1)=N2. The van der Waals surface area contributed by atoms with Crippen molar-refractivity contribution in [1.29, 1.82) is 0 Å². The second-order valence-electron chi connectivity index (χ2n) is 9.03. The number of aliphatic imine (C=N–C) groups is 1. The second kappa shape index (κ2) is 8.63. The van der Waals surface area contributed by atoms with Gasteiger partial charge in [0.2, 0.25) is 0 Å². The molecule has 4 heterocycles. The number of hydrogen-bond donors (Lipinski definition) is 2. The molecule has 176 valence electrons. The lowest BCUT2D eigenvalue weighted by atomic mass is 10.1. The van der Waals surface area contributed by atoms with Crippen molar-refractivity contribution in [2.75, 3.05) is 31.4 Å². The molecule has 0 amide bonds. The molecule has 1 aromatic carbocycles. The quantitative estimate of drug-likeness (QED) is 0.508. The average Bonchev–Trinajstić information content (AvgIpc) is 3.16. The van der Waals surface area contributed by atoms with E-state index < -0.39 is 0 Å². The summed E-state index contributed by atoms with van der Waals surface area (Å²) in [5.41, 5.74) is 2.67. The number of methoxy groups -OCH3 is 1. The van der Waals surface area contributed by atoms with E-state index in [1.165, 1.54) is 7.11 Å². The van der Waals surface area contributed by atoms with Gasteiger partial charge in [-0.1, -0.05) is 0 Å². The molecule has 3 aliphatic rings. The third kappa shape index (κ3) is 4.03. The average molecular weight is 479 g/mol. The van der Waals surface area contributed by atoms with Crippen molar-refractivity contribution in [2.45, 2.75) is 30.8 Å². The lowest BCUT2D eigenvalue weighted by Gasteiger charge is -2.24. The number of esters is 1. The zero-order valence-corrected chi connectivity index (χ0v) is 19.7. The van der Waals surface area contributed by atoms with Crippen molar-refractivity contribution >= 4 is 39.4 Å². The zero-order valence-electron chi connectivity index (χ0n) is 18.9. The molecule has 0 bridgehead atoms. The number of anilines is 1. The van der Waals surface area contributed by atoms with Gasteiger partial charge in [0, 0.05) is 42.7 Å². The smallest absolute Gasteiger partial charge is 0.311 e. The highest BCUT2D eigenvalue weighted by Crippen LogP contribution is 2.54. The summed E-state index contributed by atoms with van der Waals surface area (Å²) in [5, 5.41) is 5.67. The van der Waals surface area contributed by atoms with Crippen LogP contribution in [0.25, 0.3) is 10.9 Å². The van der Waals surface area contributed by atoms with Crippen LogP contribution in [0.5, 0.6) is 11.5 Å². The first-order chi connectivity index (χ1) is 16.6. The van der Waals surface area contributed by atoms with Crippen molar-refractivity contribution in [3.05, 3.63) is 48.4 Å². The van der Waals surface area contributed by atoms with E-state index in [1.54, 1.807) is 24.2 Å². The Balaban J connectivity index is 1.34. The number of nitrogens with zero attached hydrogens (tertiary/aromatic N) is 2. The molecule has 1 spiro atoms. The number of nitrogens with one attached hydrogen (secondary N) is 2. The van der Waals surface area contributed by atoms with Crippen molar-refractivity contribution in [3.63, 3.8) is 0 Å². The number of benzene rings is 1. The van der Waals surface area contributed by atoms with Gasteiger partial charge in [0.1, 0.15) is 16.5 Å². The van der Waals surface area contributed by atoms with E-state index in [1.807, 2.05) is 24.3 Å². The number of carbonyl (C=O) groups is 1. The standard InChI is InChI=1S/C25H26N4O4S/c1-31-24(30)19-12-25(19)14-34-23(29-25)21-10-15-9-18(33-17-3-2-6-26-13-17)11-20(22(15)28-21)27-16-4-7-32-8-5-16/h2-3,6,9-11,13,16,19,27-28H,4-5,7-8,12,14H2,1H3/t19?,25-/m1/s1. The molecule has 1 saturated heterocycles. The van der Waals surface area contributed by atoms with Crippen LogP contribution in [0, 0.1) is 5.92 Å². The van der Waals surface area contributed by atoms with E-state index in [-0.39, 0.29) is 17.4 Å². The van der Waals surface area contributed by atoms with E-state index in [4.69, 9.17) is 19.2 Å². The number of rotatable bonds is 6. The molecule has 9 heteroatoms. The first kappa shape index (κ1) is 21.5. The monoisotopic (exact) mass is 478 g/mol. The Labute approximate surface area is 201 Å². The number of pyridine rings is 1. The lowest BCUT2D eigenvalue weighted by molar-refractivity contribution is -0.142. The van der Waals surface area contributed by atoms with Gasteiger partial charge in [-0.25, -0.2) is 0 Å². The van der Waals surface area contributed by atoms with Gasteiger partial charge < -0.3 is 24.5 Å². The van der Waals surface area contributed by atoms with E-state index in [0.29, 0.717) is 11.8 Å². The summed E-state index contributed by atoms with van der Waals surface area (Å²) >= 11 is 1.69. The largest absolute Gasteiger partial charge is 0.469 e. The minimum atomic E-state index is -0.303. The van der Waals surface area contributed by atoms with Crippen molar-refractivity contribution in [1.82, 2.24) is 9.97 Å². The molecule has 2 fully saturated rings. The Morgan fingerprint density at radius 2 is 2.15 bits per heavy atom. The maximum absolute atomic E-state index is 12.0. The van der Waals surface area contributed by atoms with Crippen LogP contribution >= 0.6 is 11.8 Å². The maximum Gasteiger partial charge on any atom is 0.311 e. The van der Waals surface area contributed by atoms with Crippen LogP contribution in [0.2, 0.25) is 0 Å². The zero-order chi connectivity index (χ0) is 23.1. The molecule has 2 N–H and O–H groups in total. The highest BCUT2D eigenvalue weighted by atomic mass is 32.2. The molecule has 1 saturated carbocycles. The summed E-state index contributed by atoms with van der Waals surface area (Å²) in [6.07, 6.45) is 6.11. The molecule has 2 aromatic heterocycles. The molecule has 1 aliphatic carbocycles. The number of hydrogen-bond acceptors (Lipinski definition) is 8. The van der Waals surface area contributed by atoms with Crippen LogP contribution in [0.4, 0.5) is 5.69 Å². The number of H-pyrrole nitrogens is 1. The second-order valence-corrected chi connectivity index (χ2v) is 9.99. The predicted octanol–water partition coefficient (Wildman–Crippen LogP) is 4.37. The number of fused-ring (bicyclic) bond motifs is 1. The molecular weight excluding hydrogens is 452 g/mol. The molecule has 2 aliphatic heterocycles. The molecule has 0 radical (unpaired) electrons. The fraction of sp³-hybridized carbons (Fsp3) is 0.400. The Kier molecular flexibility index (Phi) is 5.45. The molecular formula is C25H26N4O4S. The highest BCUT2D eigenvalue weighted by Gasteiger charge is 2.61. The van der Waals surface area contributed by atoms with Gasteiger partial charge >= 0.3 is 5.97 Å². The van der Waals surface area contributed by atoms with Gasteiger partial charge in [-0.2, -0.15) is 0 Å². The first-order valence-corrected chi connectivity index (χ1v) is 12.5. The molecule has 8 nitrogen and oxygen atoms in total. The highest BCUT2D eigenvalue weighted by molar-refractivity contribution is 8.14. The summed E-state index contributed by atoms with van der Waals surface area (Å²) in [7, 11) is 1.44. The van der Waals surface area contributed by atoms with Crippen LogP contribution in [0.15, 0.2) is 47.7 Å². The fourth-order valence-corrected chi connectivity index (χ4v) is 6.01. The van der Waals surface area contributed by atoms with Crippen LogP contribution in [0.3, 0.4) is 0 Å². The van der Waals surface area contributed by atoms with Crippen LogP contribution in [0.1, 0.15) is 25.0 Å². The summed E-state index contributed by atoms with van der Waals surface area (Å²) in [5.74, 6) is 1.94. The topological polar surface area (TPSA) is 97.8 Å². The molecule has 6 rings (SSSR count). The normalized spacial score (nSPS) is 24.3. The van der Waals surface area contributed by atoms with E-state index in [9.17, 15) is 4.79 Å². The van der Waals surface area contributed by atoms with Crippen molar-refractivity contribution < 1.29 is 19.0 Å². The first-order valence-electron chi connectivity index (χ1n) is 11.5. The van der Waals surface area contributed by atoms with Crippen LogP contribution in [-0.2, 0) is 14.3 Å². The minimum Gasteiger partial charge on any atom is -0.469 e. The van der Waals surface area contributed by atoms with E-state index in [0.717, 1.165) is 71.3 Å². The van der Waals surface area contributed by atoms with Crippen molar-refractivity contribution in [2.24, 2.45) is 10.9 Å². The molecule has 2 atom stereocenters. The lowest BCUT2D eigenvalue weighted by Crippen LogP contribution is -2.27. The van der Waals surface area contributed by atoms with Crippen LogP contribution < -0.4 is 10.1 Å². The van der Waals surface area contributed by atoms with Gasteiger partial charge in [-0.05, 0) is 43.5 Å². The number of aromatic nitrogens is 2. The summed E-state index contributed by atoms with van der Waals surface area (Å²) in [6.45, 7) is 1.53. The van der Waals surface area contributed by atoms with Crippen LogP contribution in [-0.4, -0.2) is 58.6 Å². The van der Waals surface area contributed by atoms with Gasteiger partial charge in [0.25, 0.3) is 0 Å². The Morgan fingerprint density at radius 1 is 1.26 bits per heavy atom. The summed E-state index contributed by atoms with van der Waals surface area (Å²) in [6, 6.07) is 10.3. The summed E-state index contributed by atoms with van der Waals surface area (Å²) < 4.78 is 16.6. The van der Waals surface area contributed by atoms with Gasteiger partial charge in [-0.15, -0.1) is 11.8 Å². The molecule has 3 aromatic rings. The molecule has 1 unspecified atom stereocenters. The van der Waals surface area contributed by atoms with Gasteiger partial charge in [0.15, 0.2) is 0 Å². The number of ether oxygens (including phenoxy) is 3. The third-order valence-corrected chi connectivity index (χ3v) is 7.93. The van der Waals surface area contributed by atoms with Gasteiger partial charge in [-0.3, -0.25) is 14.8 Å².